The van der Waals surface area contributed by atoms with Crippen molar-refractivity contribution in [3.05, 3.63) is 47.5 Å². The van der Waals surface area contributed by atoms with E-state index < -0.39 is 78.4 Å². The molecule has 0 aliphatic carbocycles. The molecule has 4 atom stereocenters. The van der Waals surface area contributed by atoms with Gasteiger partial charge in [-0.3, -0.25) is 24.0 Å². The molecule has 2 aromatic rings. The molecule has 0 spiro atoms. The highest BCUT2D eigenvalue weighted by molar-refractivity contribution is 7.92. The Bertz CT molecular complexity index is 2150. The summed E-state index contributed by atoms with van der Waals surface area (Å²) >= 11 is 0. The van der Waals surface area contributed by atoms with Gasteiger partial charge in [0.05, 0.1) is 53.5 Å². The molecule has 0 aromatic heterocycles. The van der Waals surface area contributed by atoms with Gasteiger partial charge in [0.1, 0.15) is 0 Å². The molecule has 0 bridgehead atoms. The molecule has 2 aliphatic rings. The molecular formula is C40H54F6N4O16S2. The fourth-order valence-corrected chi connectivity index (χ4v) is 8.60. The minimum atomic E-state index is -5.08. The van der Waals surface area contributed by atoms with Crippen LogP contribution in [0, 0.1) is 11.8 Å². The molecule has 2 saturated heterocycles. The van der Waals surface area contributed by atoms with Crippen LogP contribution in [0.1, 0.15) is 77.6 Å². The fraction of sp³-hybridized carbons (Fsp3) is 0.525. The van der Waals surface area contributed by atoms with Crippen molar-refractivity contribution < 1.29 is 101 Å². The van der Waals surface area contributed by atoms with Crippen molar-refractivity contribution in [3.63, 3.8) is 0 Å². The molecule has 2 fully saturated rings. The number of hydrogen-bond donors (Lipinski definition) is 6. The summed E-state index contributed by atoms with van der Waals surface area (Å²) < 4.78 is 128. The number of anilines is 2. The largest absolute Gasteiger partial charge is 0.490 e. The first-order chi connectivity index (χ1) is 31.2. The van der Waals surface area contributed by atoms with Crippen LogP contribution >= 0.6 is 0 Å². The Morgan fingerprint density at radius 1 is 0.647 bits per heavy atom. The third-order valence-corrected chi connectivity index (χ3v) is 13.7. The fourth-order valence-electron chi connectivity index (χ4n) is 6.04. The number of methoxy groups -OCH3 is 3. The van der Waals surface area contributed by atoms with E-state index in [1.54, 1.807) is 52.0 Å². The number of amides is 2. The van der Waals surface area contributed by atoms with Gasteiger partial charge in [-0.15, -0.1) is 0 Å². The summed E-state index contributed by atoms with van der Waals surface area (Å²) in [7, 11) is -3.16. The van der Waals surface area contributed by atoms with E-state index in [2.05, 4.69) is 26.0 Å². The van der Waals surface area contributed by atoms with Crippen molar-refractivity contribution in [3.8, 4) is 0 Å². The Balaban J connectivity index is 0.000000973. The number of esters is 2. The van der Waals surface area contributed by atoms with Gasteiger partial charge in [0.2, 0.25) is 11.8 Å². The summed E-state index contributed by atoms with van der Waals surface area (Å²) in [6.45, 7) is 10.7. The number of carbonyl (C=O) groups excluding carboxylic acids is 5. The van der Waals surface area contributed by atoms with E-state index in [4.69, 9.17) is 34.1 Å². The lowest BCUT2D eigenvalue weighted by Crippen LogP contribution is -2.27. The van der Waals surface area contributed by atoms with E-state index in [0.29, 0.717) is 54.9 Å². The molecule has 2 aromatic carbocycles. The van der Waals surface area contributed by atoms with Crippen LogP contribution in [-0.4, -0.2) is 126 Å². The summed E-state index contributed by atoms with van der Waals surface area (Å²) in [5.74, 6) is -7.73. The zero-order valence-electron chi connectivity index (χ0n) is 38.0. The zero-order chi connectivity index (χ0) is 53.1. The van der Waals surface area contributed by atoms with E-state index in [-0.39, 0.29) is 33.5 Å². The number of carbonyl (C=O) groups is 7. The maximum absolute atomic E-state index is 12.8. The second kappa shape index (κ2) is 27.2. The molecule has 2 aliphatic heterocycles. The van der Waals surface area contributed by atoms with Gasteiger partial charge in [-0.2, -0.15) is 26.3 Å². The predicted octanol–water partition coefficient (Wildman–Crippen LogP) is 4.36. The lowest BCUT2D eigenvalue weighted by molar-refractivity contribution is -0.193. The molecule has 6 N–H and O–H groups in total. The number of hydrogen-bond acceptors (Lipinski definition) is 16. The first-order valence-electron chi connectivity index (χ1n) is 19.7. The van der Waals surface area contributed by atoms with E-state index in [1.807, 2.05) is 0 Å². The molecule has 0 unspecified atom stereocenters. The molecule has 2 amide bonds. The van der Waals surface area contributed by atoms with Gasteiger partial charge in [0, 0.05) is 37.3 Å². The predicted molar refractivity (Wildman–Crippen MR) is 228 cm³/mol. The average Bonchev–Trinajstić information content (AvgIpc) is 3.94. The Kier molecular flexibility index (Phi) is 24.9. The third-order valence-electron chi connectivity index (χ3n) is 9.22. The molecule has 384 valence electrons. The number of ether oxygens (including phenoxy) is 3. The van der Waals surface area contributed by atoms with Crippen LogP contribution in [0.25, 0.3) is 0 Å². The van der Waals surface area contributed by atoms with E-state index in [9.17, 15) is 62.4 Å². The maximum atomic E-state index is 12.8. The zero-order valence-corrected chi connectivity index (χ0v) is 39.7. The molecule has 28 heteroatoms. The standard InChI is InChI=1S/2C17H24N2O5S.2C2HF3O2.C2H4O2/c2*1-10(2)25(22,23)15-6-5-12(19-11(3)20)9-14(15)16-13(7-8-18-16)17(21)24-4;2*3-2(4,5)1(6)7;1-4-2-3/h2*5-6,9-10,13,16,18H,7-8H2,1-4H3,(H,19,20);2*(H,6,7);2H,1H3/t13-,16+;13-,16-;;;/m11.../s1. The van der Waals surface area contributed by atoms with Crippen LogP contribution < -0.4 is 21.3 Å². The molecule has 68 heavy (non-hydrogen) atoms. The Hall–Kier alpha value is -5.87. The number of alkyl halides is 6. The summed E-state index contributed by atoms with van der Waals surface area (Å²) in [5.41, 5.74) is 1.94. The quantitative estimate of drug-likeness (QED) is 0.0788. The molecule has 2 heterocycles. The first kappa shape index (κ1) is 62.1. The van der Waals surface area contributed by atoms with Crippen LogP contribution in [0.15, 0.2) is 46.2 Å². The summed E-state index contributed by atoms with van der Waals surface area (Å²) in [6.07, 6.45) is -9.05. The number of rotatable bonds is 11. The minimum Gasteiger partial charge on any atom is -0.475 e. The molecule has 0 radical (unpaired) electrons. The normalized spacial score (nSPS) is 17.7. The van der Waals surface area contributed by atoms with E-state index >= 15 is 0 Å². The number of aliphatic carboxylic acids is 2. The van der Waals surface area contributed by atoms with Crippen molar-refractivity contribution in [2.75, 3.05) is 45.1 Å². The van der Waals surface area contributed by atoms with Crippen LogP contribution in [0.5, 0.6) is 0 Å². The average molecular weight is 1030 g/mol. The summed E-state index contributed by atoms with van der Waals surface area (Å²) in [4.78, 5) is 73.9. The lowest BCUT2D eigenvalue weighted by Gasteiger charge is -2.23. The van der Waals surface area contributed by atoms with Gasteiger partial charge >= 0.3 is 36.2 Å². The van der Waals surface area contributed by atoms with Gasteiger partial charge in [0.15, 0.2) is 19.7 Å². The maximum Gasteiger partial charge on any atom is 0.490 e. The van der Waals surface area contributed by atoms with Gasteiger partial charge < -0.3 is 45.7 Å². The van der Waals surface area contributed by atoms with Crippen LogP contribution in [0.3, 0.4) is 0 Å². The highest BCUT2D eigenvalue weighted by atomic mass is 32.2. The second-order valence-electron chi connectivity index (χ2n) is 14.7. The van der Waals surface area contributed by atoms with Gasteiger partial charge in [-0.05, 0) is 101 Å². The number of carboxylic acids is 2. The second-order valence-corrected chi connectivity index (χ2v) is 19.6. The highest BCUT2D eigenvalue weighted by Gasteiger charge is 2.41. The van der Waals surface area contributed by atoms with Crippen molar-refractivity contribution in [2.45, 2.75) is 99.1 Å². The van der Waals surface area contributed by atoms with Crippen molar-refractivity contribution in [2.24, 2.45) is 11.8 Å². The molecule has 20 nitrogen and oxygen atoms in total. The number of sulfone groups is 2. The highest BCUT2D eigenvalue weighted by Crippen LogP contribution is 2.38. The molecule has 0 saturated carbocycles. The van der Waals surface area contributed by atoms with Crippen molar-refractivity contribution in [1.82, 2.24) is 10.6 Å². The smallest absolute Gasteiger partial charge is 0.475 e. The topological polar surface area (TPSA) is 304 Å². The minimum absolute atomic E-state index is 0.171. The van der Waals surface area contributed by atoms with Gasteiger partial charge in [0.25, 0.3) is 6.47 Å². The van der Waals surface area contributed by atoms with Crippen LogP contribution in [-0.2, 0) is 67.4 Å². The number of carboxylic acid groups (broad SMARTS) is 2. The Morgan fingerprint density at radius 2 is 0.926 bits per heavy atom. The number of halogens is 6. The SMILES string of the molecule is COC(=O)[C@@H]1CCN[C@@H]1c1cc(NC(C)=O)ccc1S(=O)(=O)C(C)C.COC(=O)[C@@H]1CCN[C@H]1c1cc(NC(C)=O)ccc1S(=O)(=O)C(C)C.COC=O.O=C(O)C(F)(F)F.O=C(O)C(F)(F)F. The number of nitrogens with one attached hydrogen (secondary N) is 4. The van der Waals surface area contributed by atoms with Crippen molar-refractivity contribution >= 4 is 73.2 Å². The van der Waals surface area contributed by atoms with Crippen LogP contribution in [0.4, 0.5) is 37.7 Å². The van der Waals surface area contributed by atoms with E-state index in [0.717, 1.165) is 0 Å². The lowest BCUT2D eigenvalue weighted by atomic mass is 9.94. The van der Waals surface area contributed by atoms with Crippen molar-refractivity contribution in [1.29, 1.82) is 0 Å². The van der Waals surface area contributed by atoms with Gasteiger partial charge in [-0.25, -0.2) is 26.4 Å². The van der Waals surface area contributed by atoms with Crippen LogP contribution in [0.2, 0.25) is 0 Å². The third kappa shape index (κ3) is 19.0. The Morgan fingerprint density at radius 3 is 1.13 bits per heavy atom. The monoisotopic (exact) mass is 1020 g/mol. The number of benzene rings is 2. The van der Waals surface area contributed by atoms with E-state index in [1.165, 1.54) is 47.3 Å². The summed E-state index contributed by atoms with van der Waals surface area (Å²) in [6, 6.07) is 8.37. The van der Waals surface area contributed by atoms with Gasteiger partial charge in [-0.1, -0.05) is 0 Å². The first-order valence-corrected chi connectivity index (χ1v) is 22.8. The molecule has 4 rings (SSSR count). The molecular weight excluding hydrogens is 971 g/mol. The Labute approximate surface area is 387 Å². The summed E-state index contributed by atoms with van der Waals surface area (Å²) in [5, 5.41) is 24.7.